The van der Waals surface area contributed by atoms with Gasteiger partial charge in [-0.15, -0.1) is 0 Å². The number of aliphatic hydroxyl groups excluding tert-OH is 1. The summed E-state index contributed by atoms with van der Waals surface area (Å²) in [6, 6.07) is -0.764. The molecule has 0 aromatic rings. The zero-order valence-electron chi connectivity index (χ0n) is 9.98. The van der Waals surface area contributed by atoms with Crippen molar-refractivity contribution in [3.8, 4) is 0 Å². The van der Waals surface area contributed by atoms with Crippen LogP contribution in [0.5, 0.6) is 0 Å². The van der Waals surface area contributed by atoms with Crippen LogP contribution >= 0.6 is 11.6 Å². The Hall–Kier alpha value is -1.25. The number of alkyl halides is 2. The van der Waals surface area contributed by atoms with Gasteiger partial charge in [-0.2, -0.15) is 0 Å². The van der Waals surface area contributed by atoms with Gasteiger partial charge in [0.15, 0.2) is 6.29 Å². The van der Waals surface area contributed by atoms with Crippen molar-refractivity contribution in [1.82, 2.24) is 10.2 Å². The maximum atomic E-state index is 13.4. The van der Waals surface area contributed by atoms with Crippen LogP contribution in [-0.2, 0) is 9.53 Å². The minimum atomic E-state index is -3.27. The van der Waals surface area contributed by atoms with Crippen molar-refractivity contribution in [1.29, 1.82) is 0 Å². The third-order valence-electron chi connectivity index (χ3n) is 2.54. The predicted molar refractivity (Wildman–Crippen MR) is 61.6 cm³/mol. The lowest BCUT2D eigenvalue weighted by Gasteiger charge is -2.24. The molecule has 0 saturated carbocycles. The van der Waals surface area contributed by atoms with E-state index >= 15 is 0 Å². The Balaban J connectivity index is 2.95. The van der Waals surface area contributed by atoms with Gasteiger partial charge in [0, 0.05) is 13.2 Å². The van der Waals surface area contributed by atoms with Crippen molar-refractivity contribution in [2.75, 3.05) is 13.7 Å². The monoisotopic (exact) mass is 298 g/mol. The van der Waals surface area contributed by atoms with Gasteiger partial charge in [0.05, 0.1) is 18.1 Å². The second kappa shape index (κ2) is 6.27. The molecule has 1 rings (SSSR count). The fraction of sp³-hybridized carbons (Fsp3) is 0.600. The number of aliphatic hydroxyl groups is 1. The number of amides is 2. The summed E-state index contributed by atoms with van der Waals surface area (Å²) >= 11 is 5.46. The summed E-state index contributed by atoms with van der Waals surface area (Å²) in [5.74, 6) is -3.27. The first kappa shape index (κ1) is 15.8. The molecule has 108 valence electrons. The van der Waals surface area contributed by atoms with Gasteiger partial charge in [-0.3, -0.25) is 9.69 Å². The molecule has 2 atom stereocenters. The second-order valence-corrected chi connectivity index (χ2v) is 4.26. The van der Waals surface area contributed by atoms with Gasteiger partial charge in [-0.25, -0.2) is 13.6 Å². The number of rotatable bonds is 4. The second-order valence-electron chi connectivity index (χ2n) is 3.82. The van der Waals surface area contributed by atoms with Crippen LogP contribution in [0.2, 0.25) is 0 Å². The highest BCUT2D eigenvalue weighted by molar-refractivity contribution is 6.38. The van der Waals surface area contributed by atoms with Crippen molar-refractivity contribution >= 4 is 23.9 Å². The number of halogens is 3. The summed E-state index contributed by atoms with van der Waals surface area (Å²) in [4.78, 5) is 22.7. The first-order valence-corrected chi connectivity index (χ1v) is 5.70. The lowest BCUT2D eigenvalue weighted by atomic mass is 10.1. The lowest BCUT2D eigenvalue weighted by Crippen LogP contribution is -2.42. The fourth-order valence-corrected chi connectivity index (χ4v) is 1.71. The van der Waals surface area contributed by atoms with Crippen molar-refractivity contribution < 1.29 is 28.2 Å². The molecule has 19 heavy (non-hydrogen) atoms. The van der Waals surface area contributed by atoms with Crippen LogP contribution in [-0.4, -0.2) is 54.2 Å². The minimum Gasteiger partial charge on any atom is -0.393 e. The zero-order chi connectivity index (χ0) is 14.6. The van der Waals surface area contributed by atoms with Gasteiger partial charge in [0.2, 0.25) is 0 Å². The average Bonchev–Trinajstić information content (AvgIpc) is 2.69. The lowest BCUT2D eigenvalue weighted by molar-refractivity contribution is -0.105. The molecule has 1 heterocycles. The van der Waals surface area contributed by atoms with E-state index in [9.17, 15) is 18.4 Å². The van der Waals surface area contributed by atoms with Crippen LogP contribution in [0.25, 0.3) is 0 Å². The number of urea groups is 1. The number of ether oxygens (including phenoxy) is 1. The van der Waals surface area contributed by atoms with E-state index in [4.69, 9.17) is 21.4 Å². The molecule has 1 aliphatic heterocycles. The average molecular weight is 299 g/mol. The smallest absolute Gasteiger partial charge is 0.323 e. The number of hydrogen-bond donors (Lipinski definition) is 2. The molecule has 2 unspecified atom stereocenters. The highest BCUT2D eigenvalue weighted by Crippen LogP contribution is 2.37. The van der Waals surface area contributed by atoms with Crippen LogP contribution in [0.15, 0.2) is 11.2 Å². The molecule has 0 radical (unpaired) electrons. The fourth-order valence-electron chi connectivity index (χ4n) is 1.61. The number of hydrogen-bond acceptors (Lipinski definition) is 4. The highest BCUT2D eigenvalue weighted by Gasteiger charge is 2.52. The molecule has 9 heteroatoms. The quantitative estimate of drug-likeness (QED) is 0.590. The van der Waals surface area contributed by atoms with Crippen molar-refractivity contribution in [3.63, 3.8) is 0 Å². The third-order valence-corrected chi connectivity index (χ3v) is 2.73. The molecule has 6 nitrogen and oxygen atoms in total. The van der Waals surface area contributed by atoms with Gasteiger partial charge < -0.3 is 15.2 Å². The molecule has 0 bridgehead atoms. The Morgan fingerprint density at radius 2 is 2.32 bits per heavy atom. The number of allylic oxidation sites excluding steroid dienone is 1. The van der Waals surface area contributed by atoms with Gasteiger partial charge in [-0.05, 0) is 0 Å². The summed E-state index contributed by atoms with van der Waals surface area (Å²) in [7, 11) is 1.29. The maximum absolute atomic E-state index is 13.4. The van der Waals surface area contributed by atoms with E-state index < -0.39 is 37.3 Å². The van der Waals surface area contributed by atoms with Crippen molar-refractivity contribution in [2.24, 2.45) is 0 Å². The molecule has 0 aromatic heterocycles. The number of carbonyl (C=O) groups excluding carboxylic acids is 2. The van der Waals surface area contributed by atoms with Crippen LogP contribution in [0.3, 0.4) is 0 Å². The molecular weight excluding hydrogens is 286 g/mol. The summed E-state index contributed by atoms with van der Waals surface area (Å²) in [5.41, 5.74) is 0. The van der Waals surface area contributed by atoms with Crippen LogP contribution in [0.4, 0.5) is 13.6 Å². The van der Waals surface area contributed by atoms with Gasteiger partial charge in [0.1, 0.15) is 12.3 Å². The minimum absolute atomic E-state index is 0.258. The molecule has 0 aliphatic carbocycles. The predicted octanol–water partition coefficient (Wildman–Crippen LogP) is 0.649. The number of aldehydes is 1. The Morgan fingerprint density at radius 3 is 2.74 bits per heavy atom. The van der Waals surface area contributed by atoms with Crippen molar-refractivity contribution in [3.05, 3.63) is 11.2 Å². The van der Waals surface area contributed by atoms with Crippen LogP contribution in [0, 0.1) is 0 Å². The third kappa shape index (κ3) is 3.62. The summed E-state index contributed by atoms with van der Waals surface area (Å²) in [6.07, 6.45) is -2.67. The Morgan fingerprint density at radius 1 is 1.68 bits per heavy atom. The molecule has 0 spiro atoms. The van der Waals surface area contributed by atoms with E-state index in [2.05, 4.69) is 5.32 Å². The molecule has 2 amide bonds. The molecule has 1 saturated heterocycles. The zero-order valence-corrected chi connectivity index (χ0v) is 10.7. The van der Waals surface area contributed by atoms with Crippen molar-refractivity contribution in [2.45, 2.75) is 24.7 Å². The molecule has 0 aromatic carbocycles. The standard InChI is InChI=1S/C10H13ClF2N2O4/c1-14-9(18)15(3-6(11)4-16)8-2-10(12,13)7(5-17)19-8/h3-4,7-8,17H,2,5H2,1H3,(H,14,18)/b6-3+. The van der Waals surface area contributed by atoms with Gasteiger partial charge >= 0.3 is 6.03 Å². The molecule has 2 N–H and O–H groups in total. The maximum Gasteiger partial charge on any atom is 0.323 e. The van der Waals surface area contributed by atoms with E-state index in [1.54, 1.807) is 0 Å². The first-order chi connectivity index (χ1) is 8.85. The Kier molecular flexibility index (Phi) is 5.21. The summed E-state index contributed by atoms with van der Waals surface area (Å²) < 4.78 is 31.8. The Labute approximate surface area is 113 Å². The normalized spacial score (nSPS) is 26.1. The SMILES string of the molecule is CNC(=O)N(/C=C(/Cl)C=O)C1CC(F)(F)C(CO)O1. The highest BCUT2D eigenvalue weighted by atomic mass is 35.5. The summed E-state index contributed by atoms with van der Waals surface area (Å²) in [5, 5.41) is 10.7. The Bertz CT molecular complexity index is 392. The molecular formula is C10H13ClF2N2O4. The first-order valence-electron chi connectivity index (χ1n) is 5.32. The molecule has 1 aliphatic rings. The van der Waals surface area contributed by atoms with Crippen LogP contribution in [0.1, 0.15) is 6.42 Å². The van der Waals surface area contributed by atoms with E-state index in [-0.39, 0.29) is 11.3 Å². The van der Waals surface area contributed by atoms with Crippen LogP contribution < -0.4 is 5.32 Å². The van der Waals surface area contributed by atoms with E-state index in [0.717, 1.165) is 11.1 Å². The summed E-state index contributed by atoms with van der Waals surface area (Å²) in [6.45, 7) is -0.879. The van der Waals surface area contributed by atoms with E-state index in [1.807, 2.05) is 0 Å². The number of carbonyl (C=O) groups is 2. The van der Waals surface area contributed by atoms with Gasteiger partial charge in [-0.1, -0.05) is 11.6 Å². The molecule has 1 fully saturated rings. The van der Waals surface area contributed by atoms with E-state index in [0.29, 0.717) is 0 Å². The number of nitrogens with one attached hydrogen (secondary N) is 1. The van der Waals surface area contributed by atoms with E-state index in [1.165, 1.54) is 7.05 Å². The van der Waals surface area contributed by atoms with Gasteiger partial charge in [0.25, 0.3) is 5.92 Å². The topological polar surface area (TPSA) is 78.9 Å². The number of nitrogens with zero attached hydrogens (tertiary/aromatic N) is 1. The largest absolute Gasteiger partial charge is 0.393 e.